The first-order valence-electron chi connectivity index (χ1n) is 8.00. The zero-order valence-electron chi connectivity index (χ0n) is 14.8. The molecule has 0 spiro atoms. The number of nitrogens with zero attached hydrogens (tertiary/aromatic N) is 2. The molecule has 1 heterocycles. The third-order valence-corrected chi connectivity index (χ3v) is 3.96. The van der Waals surface area contributed by atoms with Gasteiger partial charge in [0, 0.05) is 5.39 Å². The number of aromatic nitrogens is 1. The Morgan fingerprint density at radius 1 is 0.960 bits per heavy atom. The summed E-state index contributed by atoms with van der Waals surface area (Å²) in [5.41, 5.74) is 7.11. The Labute approximate surface area is 147 Å². The molecule has 0 aliphatic rings. The van der Waals surface area contributed by atoms with Crippen molar-refractivity contribution in [2.75, 3.05) is 19.6 Å². The van der Waals surface area contributed by atoms with Crippen LogP contribution in [-0.4, -0.2) is 25.4 Å². The van der Waals surface area contributed by atoms with Crippen molar-refractivity contribution in [2.45, 2.75) is 13.8 Å². The molecule has 0 aliphatic carbocycles. The standard InChI is InChI=1S/C20H21N3O2/c1-13-5-7-16-10-14(2)20(22-17(16)9-13)23-21-12-15-6-8-18(24-3)19(11-15)25-4/h5-12H,1-4H3,(H,22,23)/b21-12+. The van der Waals surface area contributed by atoms with Crippen molar-refractivity contribution >= 4 is 22.9 Å². The Kier molecular flexibility index (Phi) is 4.84. The van der Waals surface area contributed by atoms with E-state index in [9.17, 15) is 0 Å². The van der Waals surface area contributed by atoms with Crippen LogP contribution in [0.1, 0.15) is 16.7 Å². The van der Waals surface area contributed by atoms with Gasteiger partial charge in [-0.2, -0.15) is 5.10 Å². The molecule has 3 aromatic rings. The number of benzene rings is 2. The number of hydrogen-bond acceptors (Lipinski definition) is 5. The number of nitrogens with one attached hydrogen (secondary N) is 1. The summed E-state index contributed by atoms with van der Waals surface area (Å²) in [5.74, 6) is 2.10. The molecule has 0 saturated heterocycles. The van der Waals surface area contributed by atoms with Crippen molar-refractivity contribution < 1.29 is 9.47 Å². The highest BCUT2D eigenvalue weighted by Gasteiger charge is 2.04. The molecule has 0 unspecified atom stereocenters. The third kappa shape index (κ3) is 3.71. The second-order valence-electron chi connectivity index (χ2n) is 5.83. The van der Waals surface area contributed by atoms with Crippen LogP contribution in [0.5, 0.6) is 11.5 Å². The molecule has 1 N–H and O–H groups in total. The van der Waals surface area contributed by atoms with Gasteiger partial charge in [-0.25, -0.2) is 4.98 Å². The molecule has 5 heteroatoms. The summed E-state index contributed by atoms with van der Waals surface area (Å²) in [6.07, 6.45) is 1.73. The van der Waals surface area contributed by atoms with Crippen LogP contribution < -0.4 is 14.9 Å². The van der Waals surface area contributed by atoms with E-state index in [0.717, 1.165) is 27.8 Å². The molecule has 2 aromatic carbocycles. The van der Waals surface area contributed by atoms with Gasteiger partial charge >= 0.3 is 0 Å². The number of ether oxygens (including phenoxy) is 2. The number of fused-ring (bicyclic) bond motifs is 1. The molecule has 1 aromatic heterocycles. The maximum absolute atomic E-state index is 5.30. The van der Waals surface area contributed by atoms with Gasteiger partial charge in [0.25, 0.3) is 0 Å². The lowest BCUT2D eigenvalue weighted by molar-refractivity contribution is 0.355. The lowest BCUT2D eigenvalue weighted by atomic mass is 10.1. The maximum Gasteiger partial charge on any atom is 0.161 e. The van der Waals surface area contributed by atoms with Gasteiger partial charge in [-0.1, -0.05) is 12.1 Å². The maximum atomic E-state index is 5.30. The summed E-state index contributed by atoms with van der Waals surface area (Å²) >= 11 is 0. The van der Waals surface area contributed by atoms with E-state index in [1.54, 1.807) is 20.4 Å². The molecule has 0 fully saturated rings. The lowest BCUT2D eigenvalue weighted by Crippen LogP contribution is -1.98. The number of hydrazone groups is 1. The van der Waals surface area contributed by atoms with E-state index in [2.05, 4.69) is 46.7 Å². The van der Waals surface area contributed by atoms with Crippen molar-refractivity contribution in [3.05, 3.63) is 59.2 Å². The van der Waals surface area contributed by atoms with Crippen LogP contribution in [0.15, 0.2) is 47.6 Å². The van der Waals surface area contributed by atoms with Crippen LogP contribution in [0.4, 0.5) is 5.82 Å². The first-order valence-corrected chi connectivity index (χ1v) is 8.00. The van der Waals surface area contributed by atoms with Gasteiger partial charge in [0.15, 0.2) is 11.5 Å². The highest BCUT2D eigenvalue weighted by molar-refractivity contribution is 5.83. The number of aryl methyl sites for hydroxylation is 2. The van der Waals surface area contributed by atoms with Crippen molar-refractivity contribution in [3.63, 3.8) is 0 Å². The molecule has 0 aliphatic heterocycles. The smallest absolute Gasteiger partial charge is 0.161 e. The molecule has 0 saturated carbocycles. The fraction of sp³-hybridized carbons (Fsp3) is 0.200. The second-order valence-corrected chi connectivity index (χ2v) is 5.83. The first-order chi connectivity index (χ1) is 12.1. The van der Waals surface area contributed by atoms with Gasteiger partial charge in [-0.3, -0.25) is 5.43 Å². The van der Waals surface area contributed by atoms with E-state index in [0.29, 0.717) is 11.5 Å². The van der Waals surface area contributed by atoms with Gasteiger partial charge in [-0.05, 0) is 60.9 Å². The van der Waals surface area contributed by atoms with Crippen molar-refractivity contribution in [3.8, 4) is 11.5 Å². The number of hydrogen-bond donors (Lipinski definition) is 1. The summed E-state index contributed by atoms with van der Waals surface area (Å²) in [7, 11) is 3.23. The fourth-order valence-corrected chi connectivity index (χ4v) is 2.60. The molecule has 0 bridgehead atoms. The minimum absolute atomic E-state index is 0.668. The monoisotopic (exact) mass is 335 g/mol. The molecular formula is C20H21N3O2. The average Bonchev–Trinajstić information content (AvgIpc) is 2.62. The highest BCUT2D eigenvalue weighted by atomic mass is 16.5. The molecule has 0 amide bonds. The number of anilines is 1. The van der Waals surface area contributed by atoms with Crippen LogP contribution >= 0.6 is 0 Å². The van der Waals surface area contributed by atoms with Crippen LogP contribution in [0.3, 0.4) is 0 Å². The summed E-state index contributed by atoms with van der Waals surface area (Å²) in [6, 6.07) is 14.0. The Bertz CT molecular complexity index is 936. The van der Waals surface area contributed by atoms with Crippen LogP contribution in [0.2, 0.25) is 0 Å². The molecular weight excluding hydrogens is 314 g/mol. The number of rotatable bonds is 5. The number of pyridine rings is 1. The summed E-state index contributed by atoms with van der Waals surface area (Å²) in [6.45, 7) is 4.07. The largest absolute Gasteiger partial charge is 0.493 e. The average molecular weight is 335 g/mol. The Hall–Kier alpha value is -3.08. The van der Waals surface area contributed by atoms with Gasteiger partial charge in [-0.15, -0.1) is 0 Å². The number of methoxy groups -OCH3 is 2. The Morgan fingerprint density at radius 3 is 2.52 bits per heavy atom. The minimum atomic E-state index is 0.668. The van der Waals surface area contributed by atoms with Crippen LogP contribution in [0.25, 0.3) is 10.9 Å². The quantitative estimate of drug-likeness (QED) is 0.557. The molecule has 5 nitrogen and oxygen atoms in total. The summed E-state index contributed by atoms with van der Waals surface area (Å²) < 4.78 is 10.5. The van der Waals surface area contributed by atoms with Gasteiger partial charge in [0.2, 0.25) is 0 Å². The summed E-state index contributed by atoms with van der Waals surface area (Å²) in [4.78, 5) is 4.66. The van der Waals surface area contributed by atoms with Crippen molar-refractivity contribution in [1.29, 1.82) is 0 Å². The summed E-state index contributed by atoms with van der Waals surface area (Å²) in [5, 5.41) is 5.42. The van der Waals surface area contributed by atoms with Crippen LogP contribution in [-0.2, 0) is 0 Å². The second kappa shape index (κ2) is 7.21. The normalized spacial score (nSPS) is 11.0. The van der Waals surface area contributed by atoms with E-state index < -0.39 is 0 Å². The Morgan fingerprint density at radius 2 is 1.76 bits per heavy atom. The Balaban J connectivity index is 1.82. The van der Waals surface area contributed by atoms with E-state index in [1.807, 2.05) is 25.1 Å². The van der Waals surface area contributed by atoms with E-state index in [4.69, 9.17) is 9.47 Å². The molecule has 3 rings (SSSR count). The topological polar surface area (TPSA) is 55.7 Å². The van der Waals surface area contributed by atoms with Crippen molar-refractivity contribution in [1.82, 2.24) is 4.98 Å². The van der Waals surface area contributed by atoms with Gasteiger partial charge in [0.05, 0.1) is 26.0 Å². The van der Waals surface area contributed by atoms with Gasteiger partial charge < -0.3 is 9.47 Å². The molecule has 0 atom stereocenters. The van der Waals surface area contributed by atoms with Gasteiger partial charge in [0.1, 0.15) is 5.82 Å². The predicted octanol–water partition coefficient (Wildman–Crippen LogP) is 4.31. The first kappa shape index (κ1) is 16.8. The predicted molar refractivity (Wildman–Crippen MR) is 102 cm³/mol. The lowest BCUT2D eigenvalue weighted by Gasteiger charge is -2.08. The fourth-order valence-electron chi connectivity index (χ4n) is 2.60. The van der Waals surface area contributed by atoms with E-state index in [1.165, 1.54) is 5.56 Å². The highest BCUT2D eigenvalue weighted by Crippen LogP contribution is 2.27. The molecule has 128 valence electrons. The minimum Gasteiger partial charge on any atom is -0.493 e. The van der Waals surface area contributed by atoms with E-state index >= 15 is 0 Å². The SMILES string of the molecule is COc1ccc(/C=N/Nc2nc3cc(C)ccc3cc2C)cc1OC. The van der Waals surface area contributed by atoms with Crippen LogP contribution in [0, 0.1) is 13.8 Å². The third-order valence-electron chi connectivity index (χ3n) is 3.96. The molecule has 25 heavy (non-hydrogen) atoms. The van der Waals surface area contributed by atoms with E-state index in [-0.39, 0.29) is 0 Å². The zero-order chi connectivity index (χ0) is 17.8. The van der Waals surface area contributed by atoms with Crippen molar-refractivity contribution in [2.24, 2.45) is 5.10 Å². The molecule has 0 radical (unpaired) electrons. The zero-order valence-corrected chi connectivity index (χ0v) is 14.8.